The summed E-state index contributed by atoms with van der Waals surface area (Å²) in [6.45, 7) is 4.70. The van der Waals surface area contributed by atoms with Crippen molar-refractivity contribution in [1.29, 1.82) is 0 Å². The van der Waals surface area contributed by atoms with Crippen LogP contribution in [-0.2, 0) is 34.0 Å². The second-order valence-electron chi connectivity index (χ2n) is 9.10. The van der Waals surface area contributed by atoms with E-state index in [0.29, 0.717) is 24.0 Å². The lowest BCUT2D eigenvalue weighted by Crippen LogP contribution is -2.44. The monoisotopic (exact) mass is 464 g/mol. The molecule has 2 heterocycles. The van der Waals surface area contributed by atoms with Crippen LogP contribution in [0.25, 0.3) is 0 Å². The van der Waals surface area contributed by atoms with Gasteiger partial charge in [0, 0.05) is 37.2 Å². The number of phenols is 1. The molecule has 1 saturated carbocycles. The quantitative estimate of drug-likeness (QED) is 0.656. The fourth-order valence-electron chi connectivity index (χ4n) is 4.89. The highest BCUT2D eigenvalue weighted by Gasteiger charge is 2.40. The standard InChI is InChI=1S/C26H28N2O6/c29-19-5-7-22(24(31)13-19)28-15-21-20(26(28)32)6-8-23(30)25(21)34-16-18-3-1-17(2-4-18)14-27-9-11-33-12-10-27/h1-4,6,8,22,30H,5,7,9-16H2. The number of morpholine rings is 1. The van der Waals surface area contributed by atoms with Gasteiger partial charge in [-0.3, -0.25) is 19.3 Å². The summed E-state index contributed by atoms with van der Waals surface area (Å²) in [6, 6.07) is 10.6. The average molecular weight is 465 g/mol. The van der Waals surface area contributed by atoms with Crippen LogP contribution >= 0.6 is 0 Å². The minimum Gasteiger partial charge on any atom is -0.504 e. The van der Waals surface area contributed by atoms with Crippen molar-refractivity contribution in [2.24, 2.45) is 0 Å². The number of amides is 1. The molecule has 0 bridgehead atoms. The molecule has 1 saturated heterocycles. The SMILES string of the molecule is O=C1CCC(N2Cc3c(ccc(O)c3OCc3ccc(CN4CCOCC4)cc3)C2=O)C(=O)C1. The van der Waals surface area contributed by atoms with Gasteiger partial charge in [0.25, 0.3) is 5.91 Å². The number of ether oxygens (including phenoxy) is 2. The fraction of sp³-hybridized carbons (Fsp3) is 0.423. The van der Waals surface area contributed by atoms with Gasteiger partial charge in [0.1, 0.15) is 12.4 Å². The maximum Gasteiger partial charge on any atom is 0.255 e. The second-order valence-corrected chi connectivity index (χ2v) is 9.10. The van der Waals surface area contributed by atoms with Crippen molar-refractivity contribution in [1.82, 2.24) is 9.80 Å². The number of benzene rings is 2. The fourth-order valence-corrected chi connectivity index (χ4v) is 4.89. The minimum atomic E-state index is -0.605. The van der Waals surface area contributed by atoms with E-state index in [1.54, 1.807) is 6.07 Å². The lowest BCUT2D eigenvalue weighted by Gasteiger charge is -2.29. The number of hydrogen-bond donors (Lipinski definition) is 1. The Bertz CT molecular complexity index is 1110. The van der Waals surface area contributed by atoms with Gasteiger partial charge in [0.05, 0.1) is 32.2 Å². The van der Waals surface area contributed by atoms with E-state index in [2.05, 4.69) is 17.0 Å². The van der Waals surface area contributed by atoms with Crippen LogP contribution in [0.2, 0.25) is 0 Å². The molecule has 2 aromatic carbocycles. The molecule has 8 nitrogen and oxygen atoms in total. The Morgan fingerprint density at radius 2 is 1.74 bits per heavy atom. The smallest absolute Gasteiger partial charge is 0.255 e. The molecule has 5 rings (SSSR count). The molecule has 1 unspecified atom stereocenters. The van der Waals surface area contributed by atoms with Crippen molar-refractivity contribution in [3.05, 3.63) is 58.7 Å². The van der Waals surface area contributed by atoms with Gasteiger partial charge in [-0.25, -0.2) is 0 Å². The van der Waals surface area contributed by atoms with Gasteiger partial charge in [-0.1, -0.05) is 24.3 Å². The van der Waals surface area contributed by atoms with Gasteiger partial charge in [-0.15, -0.1) is 0 Å². The second kappa shape index (κ2) is 9.56. The Kier molecular flexibility index (Phi) is 6.34. The van der Waals surface area contributed by atoms with Crippen LogP contribution in [0.3, 0.4) is 0 Å². The predicted molar refractivity (Wildman–Crippen MR) is 123 cm³/mol. The molecule has 1 amide bonds. The van der Waals surface area contributed by atoms with Crippen LogP contribution in [0.1, 0.15) is 46.3 Å². The third-order valence-electron chi connectivity index (χ3n) is 6.79. The number of carbonyl (C=O) groups excluding carboxylic acids is 3. The Morgan fingerprint density at radius 1 is 1.00 bits per heavy atom. The maximum atomic E-state index is 13.0. The van der Waals surface area contributed by atoms with Crippen molar-refractivity contribution in [3.63, 3.8) is 0 Å². The number of aromatic hydroxyl groups is 1. The number of nitrogens with zero attached hydrogens (tertiary/aromatic N) is 2. The maximum absolute atomic E-state index is 13.0. The molecule has 8 heteroatoms. The van der Waals surface area contributed by atoms with E-state index in [1.165, 1.54) is 16.5 Å². The van der Waals surface area contributed by atoms with Gasteiger partial charge in [0.2, 0.25) is 0 Å². The van der Waals surface area contributed by atoms with Crippen molar-refractivity contribution in [2.75, 3.05) is 26.3 Å². The molecule has 0 spiro atoms. The Hall–Kier alpha value is -3.23. The number of carbonyl (C=O) groups is 3. The van der Waals surface area contributed by atoms with Crippen molar-refractivity contribution in [3.8, 4) is 11.5 Å². The van der Waals surface area contributed by atoms with E-state index in [1.807, 2.05) is 12.1 Å². The Morgan fingerprint density at radius 3 is 2.47 bits per heavy atom. The predicted octanol–water partition coefficient (Wildman–Crippen LogP) is 2.45. The summed E-state index contributed by atoms with van der Waals surface area (Å²) < 4.78 is 11.4. The summed E-state index contributed by atoms with van der Waals surface area (Å²) in [5, 5.41) is 10.5. The van der Waals surface area contributed by atoms with Crippen LogP contribution in [-0.4, -0.2) is 64.7 Å². The molecular formula is C26H28N2O6. The Balaban J connectivity index is 1.27. The first-order valence-corrected chi connectivity index (χ1v) is 11.7. The topological polar surface area (TPSA) is 96.4 Å². The van der Waals surface area contributed by atoms with Gasteiger partial charge in [0.15, 0.2) is 17.3 Å². The summed E-state index contributed by atoms with van der Waals surface area (Å²) in [5.41, 5.74) is 3.17. The first-order chi connectivity index (χ1) is 16.5. The molecule has 0 radical (unpaired) electrons. The number of phenolic OH excluding ortho intramolecular Hbond substituents is 1. The molecule has 2 fully saturated rings. The summed E-state index contributed by atoms with van der Waals surface area (Å²) in [7, 11) is 0. The third kappa shape index (κ3) is 4.56. The zero-order valence-corrected chi connectivity index (χ0v) is 19.0. The van der Waals surface area contributed by atoms with Crippen LogP contribution in [0, 0.1) is 0 Å². The molecule has 2 aromatic rings. The molecule has 34 heavy (non-hydrogen) atoms. The lowest BCUT2D eigenvalue weighted by atomic mass is 9.92. The number of fused-ring (bicyclic) bond motifs is 1. The summed E-state index contributed by atoms with van der Waals surface area (Å²) in [5.74, 6) is -0.336. The van der Waals surface area contributed by atoms with Crippen molar-refractivity contribution >= 4 is 17.5 Å². The van der Waals surface area contributed by atoms with Crippen molar-refractivity contribution in [2.45, 2.75) is 45.0 Å². The van der Waals surface area contributed by atoms with Gasteiger partial charge in [-0.05, 0) is 29.7 Å². The zero-order valence-electron chi connectivity index (χ0n) is 19.0. The Labute approximate surface area is 198 Å². The molecule has 1 N–H and O–H groups in total. The molecule has 178 valence electrons. The number of ketones is 2. The minimum absolute atomic E-state index is 0.0394. The summed E-state index contributed by atoms with van der Waals surface area (Å²) in [6.07, 6.45) is 0.518. The number of rotatable bonds is 6. The number of hydrogen-bond acceptors (Lipinski definition) is 7. The van der Waals surface area contributed by atoms with Gasteiger partial charge < -0.3 is 19.5 Å². The van der Waals surface area contributed by atoms with Gasteiger partial charge in [-0.2, -0.15) is 0 Å². The first kappa shape index (κ1) is 22.6. The molecule has 0 aromatic heterocycles. The van der Waals surface area contributed by atoms with E-state index in [0.717, 1.165) is 38.4 Å². The van der Waals surface area contributed by atoms with Crippen LogP contribution in [0.15, 0.2) is 36.4 Å². The molecule has 1 atom stereocenters. The number of Topliss-reactive ketones (excluding diaryl/α,β-unsaturated/α-hetero) is 2. The highest BCUT2D eigenvalue weighted by Crippen LogP contribution is 2.40. The molecular weight excluding hydrogens is 436 g/mol. The van der Waals surface area contributed by atoms with E-state index >= 15 is 0 Å². The van der Waals surface area contributed by atoms with E-state index in [9.17, 15) is 19.5 Å². The van der Waals surface area contributed by atoms with Crippen LogP contribution in [0.4, 0.5) is 0 Å². The normalized spacial score (nSPS) is 21.1. The van der Waals surface area contributed by atoms with E-state index in [4.69, 9.17) is 9.47 Å². The van der Waals surface area contributed by atoms with E-state index in [-0.39, 0.29) is 48.5 Å². The highest BCUT2D eigenvalue weighted by atomic mass is 16.5. The van der Waals surface area contributed by atoms with E-state index < -0.39 is 6.04 Å². The van der Waals surface area contributed by atoms with Gasteiger partial charge >= 0.3 is 0 Å². The molecule has 3 aliphatic rings. The zero-order chi connectivity index (χ0) is 23.7. The largest absolute Gasteiger partial charge is 0.504 e. The molecule has 1 aliphatic carbocycles. The lowest BCUT2D eigenvalue weighted by molar-refractivity contribution is -0.133. The van der Waals surface area contributed by atoms with Crippen LogP contribution < -0.4 is 4.74 Å². The summed E-state index contributed by atoms with van der Waals surface area (Å²) in [4.78, 5) is 40.9. The average Bonchev–Trinajstić information content (AvgIpc) is 3.16. The summed E-state index contributed by atoms with van der Waals surface area (Å²) >= 11 is 0. The van der Waals surface area contributed by atoms with Crippen molar-refractivity contribution < 1.29 is 29.0 Å². The highest BCUT2D eigenvalue weighted by molar-refractivity contribution is 6.07. The molecule has 2 aliphatic heterocycles. The first-order valence-electron chi connectivity index (χ1n) is 11.7. The third-order valence-corrected chi connectivity index (χ3v) is 6.79. The van der Waals surface area contributed by atoms with Crippen LogP contribution in [0.5, 0.6) is 11.5 Å².